The van der Waals surface area contributed by atoms with E-state index in [-0.39, 0.29) is 6.04 Å². The van der Waals surface area contributed by atoms with Crippen LogP contribution < -0.4 is 10.1 Å². The number of hydrogen-bond donors (Lipinski definition) is 1. The molecule has 0 aliphatic carbocycles. The highest BCUT2D eigenvalue weighted by Crippen LogP contribution is 2.28. The van der Waals surface area contributed by atoms with Crippen LogP contribution in [0.1, 0.15) is 18.5 Å². The highest BCUT2D eigenvalue weighted by atomic mass is 32.1. The molecule has 0 unspecified atom stereocenters. The summed E-state index contributed by atoms with van der Waals surface area (Å²) in [6.07, 6.45) is 0. The molecular formula is C18H18N2OS. The maximum atomic E-state index is 5.18. The molecule has 1 N–H and O–H groups in total. The molecule has 0 saturated heterocycles. The Morgan fingerprint density at radius 2 is 1.77 bits per heavy atom. The lowest BCUT2D eigenvalue weighted by Crippen LogP contribution is -2.05. The number of rotatable bonds is 5. The van der Waals surface area contributed by atoms with Gasteiger partial charge in [-0.3, -0.25) is 0 Å². The zero-order chi connectivity index (χ0) is 15.4. The van der Waals surface area contributed by atoms with E-state index in [1.54, 1.807) is 18.4 Å². The predicted molar refractivity (Wildman–Crippen MR) is 92.6 cm³/mol. The molecule has 3 rings (SSSR count). The smallest absolute Gasteiger partial charge is 0.183 e. The van der Waals surface area contributed by atoms with Crippen molar-refractivity contribution in [2.24, 2.45) is 0 Å². The van der Waals surface area contributed by atoms with E-state index in [9.17, 15) is 0 Å². The van der Waals surface area contributed by atoms with Crippen LogP contribution in [0.4, 0.5) is 5.13 Å². The summed E-state index contributed by atoms with van der Waals surface area (Å²) in [6.45, 7) is 2.14. The Kier molecular flexibility index (Phi) is 4.39. The lowest BCUT2D eigenvalue weighted by Gasteiger charge is -2.12. The van der Waals surface area contributed by atoms with Crippen LogP contribution in [0.25, 0.3) is 11.3 Å². The molecule has 1 heterocycles. The van der Waals surface area contributed by atoms with Crippen molar-refractivity contribution < 1.29 is 4.74 Å². The van der Waals surface area contributed by atoms with Crippen LogP contribution in [0.2, 0.25) is 0 Å². The van der Waals surface area contributed by atoms with E-state index in [1.807, 2.05) is 30.3 Å². The highest BCUT2D eigenvalue weighted by Gasteiger charge is 2.09. The molecular weight excluding hydrogens is 292 g/mol. The van der Waals surface area contributed by atoms with Crippen LogP contribution in [-0.2, 0) is 0 Å². The van der Waals surface area contributed by atoms with Gasteiger partial charge in [0.15, 0.2) is 5.13 Å². The molecule has 4 heteroatoms. The van der Waals surface area contributed by atoms with Crippen molar-refractivity contribution in [3.05, 3.63) is 65.5 Å². The van der Waals surface area contributed by atoms with Gasteiger partial charge < -0.3 is 10.1 Å². The van der Waals surface area contributed by atoms with Crippen molar-refractivity contribution in [2.45, 2.75) is 13.0 Å². The van der Waals surface area contributed by atoms with E-state index in [1.165, 1.54) is 5.56 Å². The van der Waals surface area contributed by atoms with Crippen LogP contribution in [0.15, 0.2) is 60.0 Å². The molecule has 3 nitrogen and oxygen atoms in total. The number of benzene rings is 2. The second-order valence-corrected chi connectivity index (χ2v) is 5.90. The number of ether oxygens (including phenoxy) is 1. The molecule has 0 amide bonds. The summed E-state index contributed by atoms with van der Waals surface area (Å²) in [7, 11) is 1.67. The monoisotopic (exact) mass is 310 g/mol. The quantitative estimate of drug-likeness (QED) is 0.720. The lowest BCUT2D eigenvalue weighted by molar-refractivity contribution is 0.415. The first-order valence-electron chi connectivity index (χ1n) is 7.17. The number of nitrogens with zero attached hydrogens (tertiary/aromatic N) is 1. The third-order valence-corrected chi connectivity index (χ3v) is 4.30. The molecule has 22 heavy (non-hydrogen) atoms. The number of hydrogen-bond acceptors (Lipinski definition) is 4. The molecule has 0 radical (unpaired) electrons. The summed E-state index contributed by atoms with van der Waals surface area (Å²) in [5.74, 6) is 0.857. The van der Waals surface area contributed by atoms with Gasteiger partial charge in [0.25, 0.3) is 0 Å². The third-order valence-electron chi connectivity index (χ3n) is 3.53. The first-order chi connectivity index (χ1) is 10.8. The number of nitrogens with one attached hydrogen (secondary N) is 1. The van der Waals surface area contributed by atoms with Crippen molar-refractivity contribution in [3.63, 3.8) is 0 Å². The average molecular weight is 310 g/mol. The second kappa shape index (κ2) is 6.62. The molecule has 3 aromatic rings. The number of aromatic nitrogens is 1. The standard InChI is InChI=1S/C18H18N2OS/c1-13(14-6-4-3-5-7-14)19-18-20-17(12-22-18)15-8-10-16(21-2)11-9-15/h3-13H,1-2H3,(H,19,20)/t13-/m0/s1. The van der Waals surface area contributed by atoms with E-state index < -0.39 is 0 Å². The fourth-order valence-electron chi connectivity index (χ4n) is 2.24. The second-order valence-electron chi connectivity index (χ2n) is 5.04. The molecule has 0 spiro atoms. The minimum atomic E-state index is 0.232. The summed E-state index contributed by atoms with van der Waals surface area (Å²) in [5, 5.41) is 6.46. The van der Waals surface area contributed by atoms with Gasteiger partial charge >= 0.3 is 0 Å². The number of thiazole rings is 1. The van der Waals surface area contributed by atoms with E-state index >= 15 is 0 Å². The Bertz CT molecular complexity index is 722. The largest absolute Gasteiger partial charge is 0.497 e. The van der Waals surface area contributed by atoms with Gasteiger partial charge in [-0.05, 0) is 36.8 Å². The van der Waals surface area contributed by atoms with Crippen molar-refractivity contribution in [3.8, 4) is 17.0 Å². The van der Waals surface area contributed by atoms with Crippen LogP contribution >= 0.6 is 11.3 Å². The van der Waals surface area contributed by atoms with Gasteiger partial charge in [0.1, 0.15) is 5.75 Å². The van der Waals surface area contributed by atoms with E-state index in [4.69, 9.17) is 4.74 Å². The Morgan fingerprint density at radius 1 is 1.05 bits per heavy atom. The molecule has 0 aliphatic heterocycles. The van der Waals surface area contributed by atoms with Crippen molar-refractivity contribution in [1.82, 2.24) is 4.98 Å². The zero-order valence-corrected chi connectivity index (χ0v) is 13.4. The molecule has 112 valence electrons. The van der Waals surface area contributed by atoms with E-state index in [2.05, 4.69) is 46.9 Å². The maximum absolute atomic E-state index is 5.18. The van der Waals surface area contributed by atoms with E-state index in [0.29, 0.717) is 0 Å². The summed E-state index contributed by atoms with van der Waals surface area (Å²) < 4.78 is 5.18. The zero-order valence-electron chi connectivity index (χ0n) is 12.6. The summed E-state index contributed by atoms with van der Waals surface area (Å²) >= 11 is 1.62. The van der Waals surface area contributed by atoms with Crippen LogP contribution in [-0.4, -0.2) is 12.1 Å². The lowest BCUT2D eigenvalue weighted by atomic mass is 10.1. The molecule has 1 atom stereocenters. The van der Waals surface area contributed by atoms with Crippen LogP contribution in [0.5, 0.6) is 5.75 Å². The number of methoxy groups -OCH3 is 1. The number of anilines is 1. The fraction of sp³-hybridized carbons (Fsp3) is 0.167. The Hall–Kier alpha value is -2.33. The summed E-state index contributed by atoms with van der Waals surface area (Å²) in [6, 6.07) is 18.6. The SMILES string of the molecule is COc1ccc(-c2csc(N[C@@H](C)c3ccccc3)n2)cc1. The topological polar surface area (TPSA) is 34.1 Å². The Morgan fingerprint density at radius 3 is 2.45 bits per heavy atom. The van der Waals surface area contributed by atoms with Crippen LogP contribution in [0.3, 0.4) is 0 Å². The Balaban J connectivity index is 1.73. The molecule has 2 aromatic carbocycles. The first kappa shape index (κ1) is 14.6. The third kappa shape index (κ3) is 3.28. The van der Waals surface area contributed by atoms with Crippen molar-refractivity contribution in [2.75, 3.05) is 12.4 Å². The van der Waals surface area contributed by atoms with E-state index in [0.717, 1.165) is 22.1 Å². The van der Waals surface area contributed by atoms with Crippen molar-refractivity contribution >= 4 is 16.5 Å². The van der Waals surface area contributed by atoms with Gasteiger partial charge in [-0.15, -0.1) is 11.3 Å². The minimum absolute atomic E-state index is 0.232. The molecule has 1 aromatic heterocycles. The highest BCUT2D eigenvalue weighted by molar-refractivity contribution is 7.14. The summed E-state index contributed by atoms with van der Waals surface area (Å²) in [5.41, 5.74) is 3.33. The Labute approximate surface area is 134 Å². The van der Waals surface area contributed by atoms with Gasteiger partial charge in [-0.2, -0.15) is 0 Å². The minimum Gasteiger partial charge on any atom is -0.497 e. The van der Waals surface area contributed by atoms with Crippen LogP contribution in [0, 0.1) is 0 Å². The maximum Gasteiger partial charge on any atom is 0.183 e. The van der Waals surface area contributed by atoms with Gasteiger partial charge in [0, 0.05) is 10.9 Å². The predicted octanol–water partition coefficient (Wildman–Crippen LogP) is 4.99. The van der Waals surface area contributed by atoms with Gasteiger partial charge in [0.05, 0.1) is 18.8 Å². The molecule has 0 saturated carbocycles. The van der Waals surface area contributed by atoms with Crippen molar-refractivity contribution in [1.29, 1.82) is 0 Å². The normalized spacial score (nSPS) is 11.9. The molecule has 0 fully saturated rings. The first-order valence-corrected chi connectivity index (χ1v) is 8.05. The van der Waals surface area contributed by atoms with Gasteiger partial charge in [-0.1, -0.05) is 30.3 Å². The average Bonchev–Trinajstić information content (AvgIpc) is 3.04. The van der Waals surface area contributed by atoms with Gasteiger partial charge in [0.2, 0.25) is 0 Å². The van der Waals surface area contributed by atoms with Gasteiger partial charge in [-0.25, -0.2) is 4.98 Å². The summed E-state index contributed by atoms with van der Waals surface area (Å²) in [4.78, 5) is 4.67. The molecule has 0 bridgehead atoms. The fourth-order valence-corrected chi connectivity index (χ4v) is 3.05. The molecule has 0 aliphatic rings.